The van der Waals surface area contributed by atoms with Gasteiger partial charge in [0.2, 0.25) is 5.96 Å². The van der Waals surface area contributed by atoms with Gasteiger partial charge in [-0.05, 0) is 34.7 Å². The van der Waals surface area contributed by atoms with E-state index in [1.165, 1.54) is 6.07 Å². The second-order valence-corrected chi connectivity index (χ2v) is 4.48. The lowest BCUT2D eigenvalue weighted by molar-refractivity contribution is 1.36. The van der Waals surface area contributed by atoms with E-state index in [9.17, 15) is 0 Å². The molecule has 0 aliphatic rings. The predicted molar refractivity (Wildman–Crippen MR) is 76.0 cm³/mol. The van der Waals surface area contributed by atoms with Crippen LogP contribution in [0.3, 0.4) is 0 Å². The fraction of sp³-hybridized carbons (Fsp3) is 0. The maximum atomic E-state index is 8.75. The summed E-state index contributed by atoms with van der Waals surface area (Å²) in [6.45, 7) is 0. The maximum absolute atomic E-state index is 8.75. The van der Waals surface area contributed by atoms with E-state index in [4.69, 9.17) is 34.1 Å². The number of hydrogen-bond acceptors (Lipinski definition) is 2. The number of rotatable bonds is 1. The number of benzene rings is 1. The highest BCUT2D eigenvalue weighted by Gasteiger charge is 2.07. The predicted octanol–water partition coefficient (Wildman–Crippen LogP) is 1.04. The van der Waals surface area contributed by atoms with Crippen LogP contribution in [0.1, 0.15) is 5.56 Å². The lowest BCUT2D eigenvalue weighted by atomic mass is 10.2. The summed E-state index contributed by atoms with van der Waals surface area (Å²) in [6, 6.07) is 5.11. The zero-order chi connectivity index (χ0) is 13.0. The molecule has 8 heteroatoms. The van der Waals surface area contributed by atoms with Gasteiger partial charge in [0.15, 0.2) is 5.96 Å². The molecule has 0 unspecified atom stereocenters. The van der Waals surface area contributed by atoms with Gasteiger partial charge in [-0.3, -0.25) is 0 Å². The average Bonchev–Trinajstić information content (AvgIpc) is 2.22. The molecule has 0 saturated carbocycles. The van der Waals surface area contributed by atoms with Crippen molar-refractivity contribution < 1.29 is 0 Å². The molecule has 0 fully saturated rings. The van der Waals surface area contributed by atoms with Crippen LogP contribution >= 0.6 is 34.2 Å². The third-order valence-corrected chi connectivity index (χ3v) is 2.73. The van der Waals surface area contributed by atoms with Crippen LogP contribution in [-0.4, -0.2) is 11.9 Å². The molecule has 0 saturated heterocycles. The third-order valence-electron chi connectivity index (χ3n) is 1.62. The molecule has 6 nitrogen and oxygen atoms in total. The first-order chi connectivity index (χ1) is 7.93. The van der Waals surface area contributed by atoms with Crippen LogP contribution in [0.25, 0.3) is 0 Å². The van der Waals surface area contributed by atoms with Crippen molar-refractivity contribution in [3.8, 4) is 6.07 Å². The minimum absolute atomic E-state index is 0.102. The summed E-state index contributed by atoms with van der Waals surface area (Å²) in [4.78, 5) is 7.54. The zero-order valence-electron chi connectivity index (χ0n) is 8.48. The quantitative estimate of drug-likeness (QED) is 0.392. The van der Waals surface area contributed by atoms with Crippen LogP contribution in [0.15, 0.2) is 22.1 Å². The molecule has 0 atom stereocenters. The molecule has 0 aliphatic carbocycles. The van der Waals surface area contributed by atoms with E-state index in [-0.39, 0.29) is 11.9 Å². The van der Waals surface area contributed by atoms with Gasteiger partial charge in [-0.1, -0.05) is 11.6 Å². The van der Waals surface area contributed by atoms with Gasteiger partial charge in [0.25, 0.3) is 0 Å². The molecule has 1 rings (SSSR count). The number of nitrogens with zero attached hydrogens (tertiary/aromatic N) is 3. The summed E-state index contributed by atoms with van der Waals surface area (Å²) in [5.41, 5.74) is 16.7. The minimum Gasteiger partial charge on any atom is -0.370 e. The summed E-state index contributed by atoms with van der Waals surface area (Å²) >= 11 is 7.96. The van der Waals surface area contributed by atoms with Crippen molar-refractivity contribution in [1.82, 2.24) is 0 Å². The molecule has 0 heterocycles. The Morgan fingerprint density at radius 3 is 2.47 bits per heavy atom. The second kappa shape index (κ2) is 5.70. The van der Waals surface area contributed by atoms with Crippen LogP contribution in [0.4, 0.5) is 5.69 Å². The Balaban J connectivity index is 3.26. The maximum Gasteiger partial charge on any atom is 0.223 e. The number of halogens is 2. The first kappa shape index (κ1) is 13.5. The van der Waals surface area contributed by atoms with E-state index in [1.54, 1.807) is 6.07 Å². The van der Waals surface area contributed by atoms with Crippen LogP contribution in [0, 0.1) is 14.9 Å². The molecular formula is C9H8ClIN6. The van der Waals surface area contributed by atoms with Gasteiger partial charge in [-0.15, -0.1) is 0 Å². The Kier molecular flexibility index (Phi) is 4.53. The van der Waals surface area contributed by atoms with Crippen molar-refractivity contribution in [1.29, 1.82) is 5.26 Å². The van der Waals surface area contributed by atoms with E-state index in [0.29, 0.717) is 19.8 Å². The normalized spacial score (nSPS) is 10.8. The molecule has 17 heavy (non-hydrogen) atoms. The fourth-order valence-electron chi connectivity index (χ4n) is 1.01. The second-order valence-electron chi connectivity index (χ2n) is 2.91. The SMILES string of the molecule is N#Cc1cc(Cl)c(N=C(N)N=C(N)N)c(I)c1. The lowest BCUT2D eigenvalue weighted by Crippen LogP contribution is -2.26. The summed E-state index contributed by atoms with van der Waals surface area (Å²) in [5, 5.41) is 9.06. The largest absolute Gasteiger partial charge is 0.370 e. The fourth-order valence-corrected chi connectivity index (χ4v) is 2.18. The van der Waals surface area contributed by atoms with E-state index in [0.717, 1.165) is 0 Å². The Hall–Kier alpha value is -1.53. The van der Waals surface area contributed by atoms with Gasteiger partial charge in [-0.25, -0.2) is 4.99 Å². The van der Waals surface area contributed by atoms with E-state index in [2.05, 4.69) is 9.98 Å². The summed E-state index contributed by atoms with van der Waals surface area (Å²) in [7, 11) is 0. The minimum atomic E-state index is -0.189. The van der Waals surface area contributed by atoms with E-state index >= 15 is 0 Å². The first-order valence-corrected chi connectivity index (χ1v) is 5.72. The van der Waals surface area contributed by atoms with Crippen molar-refractivity contribution in [2.45, 2.75) is 0 Å². The van der Waals surface area contributed by atoms with Gasteiger partial charge in [-0.2, -0.15) is 10.3 Å². The summed E-state index contributed by atoms with van der Waals surface area (Å²) in [6.07, 6.45) is 0. The highest BCUT2D eigenvalue weighted by atomic mass is 127. The van der Waals surface area contributed by atoms with Crippen LogP contribution in [0.5, 0.6) is 0 Å². The number of hydrogen-bond donors (Lipinski definition) is 3. The molecular weight excluding hydrogens is 354 g/mol. The van der Waals surface area contributed by atoms with Crippen molar-refractivity contribution >= 4 is 51.8 Å². The molecule has 1 aromatic carbocycles. The number of guanidine groups is 2. The molecule has 0 radical (unpaired) electrons. The molecule has 0 amide bonds. The van der Waals surface area contributed by atoms with Crippen molar-refractivity contribution in [2.75, 3.05) is 0 Å². The lowest BCUT2D eigenvalue weighted by Gasteiger charge is -2.03. The molecule has 0 bridgehead atoms. The average molecular weight is 363 g/mol. The van der Waals surface area contributed by atoms with Crippen molar-refractivity contribution in [3.63, 3.8) is 0 Å². The van der Waals surface area contributed by atoms with Crippen LogP contribution in [-0.2, 0) is 0 Å². The smallest absolute Gasteiger partial charge is 0.223 e. The van der Waals surface area contributed by atoms with E-state index < -0.39 is 0 Å². The number of aliphatic imine (C=N–C) groups is 2. The highest BCUT2D eigenvalue weighted by molar-refractivity contribution is 14.1. The van der Waals surface area contributed by atoms with Crippen molar-refractivity contribution in [2.24, 2.45) is 27.2 Å². The molecule has 0 aliphatic heterocycles. The Morgan fingerprint density at radius 1 is 1.35 bits per heavy atom. The molecule has 0 aromatic heterocycles. The molecule has 0 spiro atoms. The Labute approximate surface area is 116 Å². The first-order valence-electron chi connectivity index (χ1n) is 4.27. The topological polar surface area (TPSA) is 127 Å². The van der Waals surface area contributed by atoms with Gasteiger partial charge in [0.1, 0.15) is 0 Å². The molecule has 88 valence electrons. The Bertz CT molecular complexity index is 518. The standard InChI is InChI=1S/C9H8ClIN6/c10-5-1-4(3-12)2-6(11)7(5)16-9(15)17-8(13)14/h1-2H,(H6,13,14,15,16,17). The number of nitrogens with two attached hydrogens (primary N) is 3. The van der Waals surface area contributed by atoms with E-state index in [1.807, 2.05) is 28.7 Å². The molecule has 1 aromatic rings. The Morgan fingerprint density at radius 2 is 2.00 bits per heavy atom. The van der Waals surface area contributed by atoms with Gasteiger partial charge in [0.05, 0.1) is 22.3 Å². The van der Waals surface area contributed by atoms with Crippen LogP contribution in [0.2, 0.25) is 5.02 Å². The third kappa shape index (κ3) is 3.76. The van der Waals surface area contributed by atoms with Gasteiger partial charge in [0, 0.05) is 3.57 Å². The zero-order valence-corrected chi connectivity index (χ0v) is 11.4. The van der Waals surface area contributed by atoms with Crippen LogP contribution < -0.4 is 17.2 Å². The summed E-state index contributed by atoms with van der Waals surface area (Å²) < 4.78 is 0.681. The molecule has 6 N–H and O–H groups in total. The monoisotopic (exact) mass is 362 g/mol. The highest BCUT2D eigenvalue weighted by Crippen LogP contribution is 2.31. The summed E-state index contributed by atoms with van der Waals surface area (Å²) in [5.74, 6) is -0.291. The van der Waals surface area contributed by atoms with Gasteiger partial charge < -0.3 is 17.2 Å². The number of nitriles is 1. The van der Waals surface area contributed by atoms with Gasteiger partial charge >= 0.3 is 0 Å². The van der Waals surface area contributed by atoms with Crippen molar-refractivity contribution in [3.05, 3.63) is 26.3 Å².